The topological polar surface area (TPSA) is 85.6 Å². The summed E-state index contributed by atoms with van der Waals surface area (Å²) in [7, 11) is 1.62. The fraction of sp³-hybridized carbons (Fsp3) is 0.154. The van der Waals surface area contributed by atoms with Gasteiger partial charge in [-0.25, -0.2) is 9.67 Å². The minimum absolute atomic E-state index is 0.0196. The number of halogens is 3. The number of hydrazone groups is 1. The normalized spacial score (nSPS) is 12.2. The molecule has 3 aromatic carbocycles. The number of aromatic nitrogens is 3. The molecule has 0 aliphatic carbocycles. The molecule has 0 radical (unpaired) electrons. The lowest BCUT2D eigenvalue weighted by Gasteiger charge is -2.16. The quantitative estimate of drug-likeness (QED) is 0.176. The first-order valence-corrected chi connectivity index (χ1v) is 11.7. The first-order chi connectivity index (χ1) is 18.2. The second kappa shape index (κ2) is 11.7. The first kappa shape index (κ1) is 26.6. The highest BCUT2D eigenvalue weighted by Gasteiger charge is 2.31. The molecule has 0 amide bonds. The maximum absolute atomic E-state index is 12.3. The number of nitrogens with one attached hydrogen (secondary N) is 2. The number of alkyl halides is 3. The average Bonchev–Trinajstić information content (AvgIpc) is 3.39. The number of methoxy groups -OCH3 is 1. The molecule has 1 atom stereocenters. The fourth-order valence-corrected chi connectivity index (χ4v) is 3.64. The van der Waals surface area contributed by atoms with Gasteiger partial charge in [-0.15, -0.1) is 18.3 Å². The summed E-state index contributed by atoms with van der Waals surface area (Å²) in [6.07, 6.45) is -1.63. The summed E-state index contributed by atoms with van der Waals surface area (Å²) in [6.45, 7) is 1.99. The van der Waals surface area contributed by atoms with Crippen molar-refractivity contribution in [2.75, 3.05) is 7.11 Å². The second-order valence-corrected chi connectivity index (χ2v) is 8.42. The van der Waals surface area contributed by atoms with Crippen molar-refractivity contribution in [2.24, 2.45) is 5.10 Å². The van der Waals surface area contributed by atoms with Crippen LogP contribution < -0.4 is 20.2 Å². The summed E-state index contributed by atoms with van der Waals surface area (Å²) in [4.78, 5) is 4.28. The Morgan fingerprint density at radius 3 is 2.29 bits per heavy atom. The molecule has 8 nitrogen and oxygen atoms in total. The highest BCUT2D eigenvalue weighted by Crippen LogP contribution is 2.24. The molecule has 0 aliphatic rings. The van der Waals surface area contributed by atoms with Gasteiger partial charge in [0.2, 0.25) is 0 Å². The summed E-state index contributed by atoms with van der Waals surface area (Å²) < 4.78 is 47.5. The number of hydrogen-bond donors (Lipinski definition) is 2. The molecule has 0 saturated heterocycles. The number of ether oxygens (including phenoxy) is 2. The number of nitrogens with zero attached hydrogens (tertiary/aromatic N) is 4. The first-order valence-electron chi connectivity index (χ1n) is 11.3. The standard InChI is InChI=1S/C26H23F3N6O2S/c1-17(19-7-11-22(36-2)12-8-19)32-25(38)33-31-15-18-3-5-20(6-4-18)24-30-16-35(34-24)21-9-13-23(14-10-21)37-26(27,28)29/h3-17H,1-2H3,(H2,32,33,38)/b31-15+/t17-/m1/s1. The molecule has 4 aromatic rings. The van der Waals surface area contributed by atoms with Crippen LogP contribution in [-0.4, -0.2) is 39.6 Å². The van der Waals surface area contributed by atoms with Crippen molar-refractivity contribution in [3.63, 3.8) is 0 Å². The predicted molar refractivity (Wildman–Crippen MR) is 141 cm³/mol. The highest BCUT2D eigenvalue weighted by atomic mass is 32.1. The maximum Gasteiger partial charge on any atom is 0.573 e. The van der Waals surface area contributed by atoms with E-state index in [2.05, 4.69) is 30.7 Å². The third-order valence-electron chi connectivity index (χ3n) is 5.34. The zero-order valence-corrected chi connectivity index (χ0v) is 21.1. The Morgan fingerprint density at radius 2 is 1.66 bits per heavy atom. The van der Waals surface area contributed by atoms with Crippen LogP contribution in [0.3, 0.4) is 0 Å². The molecule has 0 spiro atoms. The van der Waals surface area contributed by atoms with E-state index in [1.807, 2.05) is 55.5 Å². The van der Waals surface area contributed by atoms with Gasteiger partial charge in [0.25, 0.3) is 0 Å². The molecule has 2 N–H and O–H groups in total. The zero-order valence-electron chi connectivity index (χ0n) is 20.3. The van der Waals surface area contributed by atoms with Crippen LogP contribution in [0, 0.1) is 0 Å². The van der Waals surface area contributed by atoms with E-state index in [1.54, 1.807) is 13.3 Å². The lowest BCUT2D eigenvalue weighted by molar-refractivity contribution is -0.274. The van der Waals surface area contributed by atoms with E-state index in [-0.39, 0.29) is 11.8 Å². The van der Waals surface area contributed by atoms with E-state index in [1.165, 1.54) is 35.3 Å². The van der Waals surface area contributed by atoms with Gasteiger partial charge in [0, 0.05) is 5.56 Å². The fourth-order valence-electron chi connectivity index (χ4n) is 3.41. The van der Waals surface area contributed by atoms with Gasteiger partial charge in [-0.1, -0.05) is 36.4 Å². The molecule has 4 rings (SSSR count). The lowest BCUT2D eigenvalue weighted by Crippen LogP contribution is -2.34. The van der Waals surface area contributed by atoms with Crippen LogP contribution in [0.15, 0.2) is 84.2 Å². The van der Waals surface area contributed by atoms with Crippen LogP contribution in [0.25, 0.3) is 17.1 Å². The molecular weight excluding hydrogens is 517 g/mol. The molecule has 1 heterocycles. The number of benzene rings is 3. The Labute approximate surface area is 222 Å². The third kappa shape index (κ3) is 7.29. The van der Waals surface area contributed by atoms with E-state index in [4.69, 9.17) is 17.0 Å². The van der Waals surface area contributed by atoms with Gasteiger partial charge in [0.05, 0.1) is 25.1 Å². The van der Waals surface area contributed by atoms with E-state index >= 15 is 0 Å². The second-order valence-electron chi connectivity index (χ2n) is 8.01. The van der Waals surface area contributed by atoms with Crippen molar-refractivity contribution in [1.82, 2.24) is 25.5 Å². The van der Waals surface area contributed by atoms with Crippen LogP contribution in [-0.2, 0) is 0 Å². The summed E-state index contributed by atoms with van der Waals surface area (Å²) in [5, 5.41) is 12.1. The van der Waals surface area contributed by atoms with Gasteiger partial charge in [-0.05, 0) is 66.7 Å². The van der Waals surface area contributed by atoms with Crippen LogP contribution >= 0.6 is 12.2 Å². The highest BCUT2D eigenvalue weighted by molar-refractivity contribution is 7.80. The van der Waals surface area contributed by atoms with E-state index in [0.29, 0.717) is 16.6 Å². The third-order valence-corrected chi connectivity index (χ3v) is 5.55. The van der Waals surface area contributed by atoms with Crippen LogP contribution in [0.2, 0.25) is 0 Å². The molecule has 38 heavy (non-hydrogen) atoms. The zero-order chi connectivity index (χ0) is 27.1. The van der Waals surface area contributed by atoms with Crippen LogP contribution in [0.4, 0.5) is 13.2 Å². The largest absolute Gasteiger partial charge is 0.573 e. The van der Waals surface area contributed by atoms with Gasteiger partial charge in [0.1, 0.15) is 17.8 Å². The van der Waals surface area contributed by atoms with Gasteiger partial charge in [-0.3, -0.25) is 5.43 Å². The molecule has 0 fully saturated rings. The SMILES string of the molecule is COc1ccc([C@@H](C)NC(=S)N/N=C/c2ccc(-c3ncn(-c4ccc(OC(F)(F)F)cc4)n3)cc2)cc1. The summed E-state index contributed by atoms with van der Waals surface area (Å²) in [6, 6.07) is 20.4. The van der Waals surface area contributed by atoms with Gasteiger partial charge < -0.3 is 14.8 Å². The molecule has 1 aromatic heterocycles. The minimum atomic E-state index is -4.74. The monoisotopic (exact) mass is 540 g/mol. The van der Waals surface area contributed by atoms with Crippen molar-refractivity contribution in [3.8, 4) is 28.6 Å². The van der Waals surface area contributed by atoms with Crippen molar-refractivity contribution in [3.05, 3.63) is 90.3 Å². The molecule has 0 unspecified atom stereocenters. The Kier molecular flexibility index (Phi) is 8.22. The Morgan fingerprint density at radius 1 is 1.00 bits per heavy atom. The smallest absolute Gasteiger partial charge is 0.497 e. The van der Waals surface area contributed by atoms with Crippen molar-refractivity contribution in [1.29, 1.82) is 0 Å². The average molecular weight is 541 g/mol. The molecule has 0 saturated carbocycles. The summed E-state index contributed by atoms with van der Waals surface area (Å²) in [5.74, 6) is 0.936. The Bertz CT molecular complexity index is 1390. The number of rotatable bonds is 8. The molecule has 12 heteroatoms. The van der Waals surface area contributed by atoms with E-state index < -0.39 is 6.36 Å². The van der Waals surface area contributed by atoms with Crippen molar-refractivity contribution >= 4 is 23.5 Å². The lowest BCUT2D eigenvalue weighted by atomic mass is 10.1. The van der Waals surface area contributed by atoms with E-state index in [9.17, 15) is 13.2 Å². The molecule has 196 valence electrons. The van der Waals surface area contributed by atoms with Crippen molar-refractivity contribution in [2.45, 2.75) is 19.3 Å². The van der Waals surface area contributed by atoms with E-state index in [0.717, 1.165) is 22.4 Å². The van der Waals surface area contributed by atoms with Crippen molar-refractivity contribution < 1.29 is 22.6 Å². The number of hydrogen-bond acceptors (Lipinski definition) is 6. The summed E-state index contributed by atoms with van der Waals surface area (Å²) >= 11 is 5.32. The Hall–Kier alpha value is -4.45. The molecular formula is C26H23F3N6O2S. The summed E-state index contributed by atoms with van der Waals surface area (Å²) in [5.41, 5.74) is 5.99. The van der Waals surface area contributed by atoms with Crippen LogP contribution in [0.1, 0.15) is 24.1 Å². The molecule has 0 bridgehead atoms. The molecule has 0 aliphatic heterocycles. The number of thiocarbonyl (C=S) groups is 1. The van der Waals surface area contributed by atoms with Crippen LogP contribution in [0.5, 0.6) is 11.5 Å². The van der Waals surface area contributed by atoms with Gasteiger partial charge in [-0.2, -0.15) is 5.10 Å². The van der Waals surface area contributed by atoms with Gasteiger partial charge in [0.15, 0.2) is 10.9 Å². The van der Waals surface area contributed by atoms with Gasteiger partial charge >= 0.3 is 6.36 Å². The minimum Gasteiger partial charge on any atom is -0.497 e. The maximum atomic E-state index is 12.3. The predicted octanol–water partition coefficient (Wildman–Crippen LogP) is 5.40. The Balaban J connectivity index is 1.31.